The molecule has 1 aromatic carbocycles. The molecule has 2 rings (SSSR count). The fraction of sp³-hybridized carbons (Fsp3) is 0.500. The predicted molar refractivity (Wildman–Crippen MR) is 82.2 cm³/mol. The minimum atomic E-state index is 0. The molecule has 0 radical (unpaired) electrons. The van der Waals surface area contributed by atoms with Gasteiger partial charge in [0.2, 0.25) is 5.91 Å². The van der Waals surface area contributed by atoms with Crippen molar-refractivity contribution in [3.05, 3.63) is 29.3 Å². The Labute approximate surface area is 125 Å². The van der Waals surface area contributed by atoms with Gasteiger partial charge in [0, 0.05) is 10.7 Å². The van der Waals surface area contributed by atoms with E-state index in [1.165, 1.54) is 25.7 Å². The number of nitrogens with zero attached hydrogens (tertiary/aromatic N) is 1. The molecule has 1 aromatic rings. The molecule has 0 aromatic heterocycles. The lowest BCUT2D eigenvalue weighted by Gasteiger charge is -2.18. The highest BCUT2D eigenvalue weighted by Crippen LogP contribution is 2.15. The average Bonchev–Trinajstić information content (AvgIpc) is 2.57. The number of likely N-dealkylation sites (tertiary alicyclic amines) is 1. The first kappa shape index (κ1) is 16.3. The molecule has 5 heteroatoms. The molecule has 3 nitrogen and oxygen atoms in total. The van der Waals surface area contributed by atoms with Gasteiger partial charge in [-0.1, -0.05) is 30.5 Å². The van der Waals surface area contributed by atoms with E-state index in [1.54, 1.807) is 12.1 Å². The van der Waals surface area contributed by atoms with Crippen molar-refractivity contribution < 1.29 is 4.79 Å². The first-order valence-corrected chi connectivity index (χ1v) is 6.89. The van der Waals surface area contributed by atoms with Gasteiger partial charge < -0.3 is 5.32 Å². The van der Waals surface area contributed by atoms with Crippen LogP contribution < -0.4 is 5.32 Å². The van der Waals surface area contributed by atoms with Crippen molar-refractivity contribution in [3.8, 4) is 0 Å². The summed E-state index contributed by atoms with van der Waals surface area (Å²) in [6.45, 7) is 2.54. The van der Waals surface area contributed by atoms with E-state index < -0.39 is 0 Å². The van der Waals surface area contributed by atoms with Crippen LogP contribution in [0, 0.1) is 0 Å². The van der Waals surface area contributed by atoms with Crippen LogP contribution >= 0.6 is 24.0 Å². The fourth-order valence-electron chi connectivity index (χ4n) is 2.26. The maximum absolute atomic E-state index is 11.9. The second-order valence-electron chi connectivity index (χ2n) is 4.75. The van der Waals surface area contributed by atoms with Crippen LogP contribution in [-0.2, 0) is 4.79 Å². The minimum absolute atomic E-state index is 0. The molecule has 0 bridgehead atoms. The summed E-state index contributed by atoms with van der Waals surface area (Å²) in [4.78, 5) is 14.1. The van der Waals surface area contributed by atoms with E-state index in [-0.39, 0.29) is 18.3 Å². The Hall–Kier alpha value is -0.770. The number of hydrogen-bond donors (Lipinski definition) is 1. The lowest BCUT2D eigenvalue weighted by atomic mass is 10.2. The van der Waals surface area contributed by atoms with Crippen molar-refractivity contribution in [1.82, 2.24) is 4.90 Å². The molecule has 1 aliphatic heterocycles. The Morgan fingerprint density at radius 3 is 2.53 bits per heavy atom. The van der Waals surface area contributed by atoms with Gasteiger partial charge in [0.15, 0.2) is 0 Å². The highest BCUT2D eigenvalue weighted by atomic mass is 35.5. The van der Waals surface area contributed by atoms with Gasteiger partial charge in [0.1, 0.15) is 0 Å². The van der Waals surface area contributed by atoms with Crippen LogP contribution in [-0.4, -0.2) is 30.4 Å². The molecular formula is C14H20Cl2N2O. The number of anilines is 1. The minimum Gasteiger partial charge on any atom is -0.325 e. The van der Waals surface area contributed by atoms with Crippen LogP contribution in [0.4, 0.5) is 5.69 Å². The van der Waals surface area contributed by atoms with Gasteiger partial charge in [-0.05, 0) is 44.1 Å². The number of amides is 1. The van der Waals surface area contributed by atoms with E-state index in [1.807, 2.05) is 12.1 Å². The molecule has 19 heavy (non-hydrogen) atoms. The van der Waals surface area contributed by atoms with E-state index in [0.717, 1.165) is 18.8 Å². The Balaban J connectivity index is 0.00000180. The number of halogens is 2. The first-order valence-electron chi connectivity index (χ1n) is 6.52. The molecule has 0 saturated carbocycles. The van der Waals surface area contributed by atoms with Gasteiger partial charge in [0.25, 0.3) is 0 Å². The molecule has 0 unspecified atom stereocenters. The van der Waals surface area contributed by atoms with Crippen molar-refractivity contribution >= 4 is 35.6 Å². The average molecular weight is 303 g/mol. The zero-order chi connectivity index (χ0) is 12.8. The highest BCUT2D eigenvalue weighted by molar-refractivity contribution is 6.30. The number of carbonyl (C=O) groups is 1. The van der Waals surface area contributed by atoms with E-state index >= 15 is 0 Å². The summed E-state index contributed by atoms with van der Waals surface area (Å²) in [7, 11) is 0. The van der Waals surface area contributed by atoms with Crippen LogP contribution in [0.25, 0.3) is 0 Å². The molecule has 0 spiro atoms. The second kappa shape index (κ2) is 8.41. The van der Waals surface area contributed by atoms with Crippen LogP contribution in [0.15, 0.2) is 24.3 Å². The Bertz CT molecular complexity index is 404. The van der Waals surface area contributed by atoms with Crippen LogP contribution in [0.3, 0.4) is 0 Å². The standard InChI is InChI=1S/C14H19ClN2O.ClH/c15-12-6-5-7-13(10-12)16-14(18)11-17-8-3-1-2-4-9-17;/h5-7,10H,1-4,8-9,11H2,(H,16,18);1H. The van der Waals surface area contributed by atoms with Gasteiger partial charge in [0.05, 0.1) is 6.54 Å². The number of carbonyl (C=O) groups excluding carboxylic acids is 1. The van der Waals surface area contributed by atoms with Gasteiger partial charge in [-0.25, -0.2) is 0 Å². The Morgan fingerprint density at radius 1 is 1.21 bits per heavy atom. The molecule has 1 aliphatic rings. The number of hydrogen-bond acceptors (Lipinski definition) is 2. The lowest BCUT2D eigenvalue weighted by Crippen LogP contribution is -2.33. The lowest BCUT2D eigenvalue weighted by molar-refractivity contribution is -0.117. The third-order valence-electron chi connectivity index (χ3n) is 3.17. The van der Waals surface area contributed by atoms with Crippen molar-refractivity contribution in [2.24, 2.45) is 0 Å². The second-order valence-corrected chi connectivity index (χ2v) is 5.19. The molecular weight excluding hydrogens is 283 g/mol. The van der Waals surface area contributed by atoms with Crippen molar-refractivity contribution in [1.29, 1.82) is 0 Å². The van der Waals surface area contributed by atoms with Gasteiger partial charge >= 0.3 is 0 Å². The number of benzene rings is 1. The van der Waals surface area contributed by atoms with Crippen molar-refractivity contribution in [2.75, 3.05) is 25.0 Å². The molecule has 1 saturated heterocycles. The third-order valence-corrected chi connectivity index (χ3v) is 3.41. The Kier molecular flexibility index (Phi) is 7.21. The SMILES string of the molecule is Cl.O=C(CN1CCCCCC1)Nc1cccc(Cl)c1. The zero-order valence-electron chi connectivity index (χ0n) is 10.9. The summed E-state index contributed by atoms with van der Waals surface area (Å²) in [5.41, 5.74) is 0.766. The van der Waals surface area contributed by atoms with Crippen LogP contribution in [0.2, 0.25) is 5.02 Å². The van der Waals surface area contributed by atoms with Crippen molar-refractivity contribution in [2.45, 2.75) is 25.7 Å². The highest BCUT2D eigenvalue weighted by Gasteiger charge is 2.12. The molecule has 0 aliphatic carbocycles. The summed E-state index contributed by atoms with van der Waals surface area (Å²) in [5.74, 6) is 0.0409. The summed E-state index contributed by atoms with van der Waals surface area (Å²) in [5, 5.41) is 3.53. The normalized spacial score (nSPS) is 16.3. The van der Waals surface area contributed by atoms with E-state index in [4.69, 9.17) is 11.6 Å². The summed E-state index contributed by atoms with van der Waals surface area (Å²) in [6.07, 6.45) is 4.97. The van der Waals surface area contributed by atoms with Gasteiger partial charge in [-0.3, -0.25) is 9.69 Å². The van der Waals surface area contributed by atoms with Crippen LogP contribution in [0.1, 0.15) is 25.7 Å². The largest absolute Gasteiger partial charge is 0.325 e. The summed E-state index contributed by atoms with van der Waals surface area (Å²) in [6, 6.07) is 7.25. The molecule has 0 atom stereocenters. The maximum Gasteiger partial charge on any atom is 0.238 e. The monoisotopic (exact) mass is 302 g/mol. The maximum atomic E-state index is 11.9. The molecule has 1 heterocycles. The topological polar surface area (TPSA) is 32.3 Å². The van der Waals surface area contributed by atoms with Gasteiger partial charge in [-0.15, -0.1) is 12.4 Å². The predicted octanol–water partition coefficient (Wildman–Crippen LogP) is 3.58. The summed E-state index contributed by atoms with van der Waals surface area (Å²) >= 11 is 5.88. The van der Waals surface area contributed by atoms with E-state index in [2.05, 4.69) is 10.2 Å². The van der Waals surface area contributed by atoms with Gasteiger partial charge in [-0.2, -0.15) is 0 Å². The quantitative estimate of drug-likeness (QED) is 0.925. The van der Waals surface area contributed by atoms with Crippen LogP contribution in [0.5, 0.6) is 0 Å². The molecule has 1 amide bonds. The molecule has 1 fully saturated rings. The number of nitrogens with one attached hydrogen (secondary N) is 1. The molecule has 106 valence electrons. The fourth-order valence-corrected chi connectivity index (χ4v) is 2.45. The number of rotatable bonds is 3. The zero-order valence-corrected chi connectivity index (χ0v) is 12.5. The first-order chi connectivity index (χ1) is 8.74. The Morgan fingerprint density at radius 2 is 1.89 bits per heavy atom. The summed E-state index contributed by atoms with van der Waals surface area (Å²) < 4.78 is 0. The molecule has 1 N–H and O–H groups in total. The van der Waals surface area contributed by atoms with Crippen molar-refractivity contribution in [3.63, 3.8) is 0 Å². The van der Waals surface area contributed by atoms with E-state index in [0.29, 0.717) is 11.6 Å². The van der Waals surface area contributed by atoms with E-state index in [9.17, 15) is 4.79 Å². The third kappa shape index (κ3) is 5.81. The smallest absolute Gasteiger partial charge is 0.238 e.